The third-order valence-electron chi connectivity index (χ3n) is 2.09. The summed E-state index contributed by atoms with van der Waals surface area (Å²) in [5.41, 5.74) is 2.87. The average molecular weight is 252 g/mol. The molecule has 71 valence electrons. The first kappa shape index (κ1) is 12.1. The molecule has 0 amide bonds. The molecule has 0 saturated heterocycles. The van der Waals surface area contributed by atoms with Crippen molar-refractivity contribution in [1.82, 2.24) is 0 Å². The first-order chi connectivity index (χ1) is 5.49. The Balaban J connectivity index is 4.49. The summed E-state index contributed by atoms with van der Waals surface area (Å²) in [6, 6.07) is 0. The van der Waals surface area contributed by atoms with Crippen molar-refractivity contribution >= 4 is 0 Å². The van der Waals surface area contributed by atoms with E-state index in [-0.39, 0.29) is 0 Å². The van der Waals surface area contributed by atoms with E-state index in [1.807, 2.05) is 0 Å². The van der Waals surface area contributed by atoms with E-state index < -0.39 is 0 Å². The standard InChI is InChI=1S/C11H19.Ru/c1-8(2)10(5)7-11(6)9(3)4;/h5,7-9H,1-4,6H3;. The molecule has 0 rings (SSSR count). The van der Waals surface area contributed by atoms with Crippen molar-refractivity contribution in [3.8, 4) is 0 Å². The molecule has 0 aliphatic rings. The van der Waals surface area contributed by atoms with E-state index in [1.54, 1.807) is 0 Å². The first-order valence-electron chi connectivity index (χ1n) is 4.46. The summed E-state index contributed by atoms with van der Waals surface area (Å²) in [5.74, 6) is 1.28. The summed E-state index contributed by atoms with van der Waals surface area (Å²) < 4.78 is 2.13. The van der Waals surface area contributed by atoms with Crippen molar-refractivity contribution in [2.75, 3.05) is 0 Å². The molecule has 0 fully saturated rings. The summed E-state index contributed by atoms with van der Waals surface area (Å²) in [7, 11) is 0. The second kappa shape index (κ2) is 5.70. The van der Waals surface area contributed by atoms with E-state index in [1.165, 1.54) is 11.1 Å². The van der Waals surface area contributed by atoms with Crippen LogP contribution in [0.2, 0.25) is 0 Å². The van der Waals surface area contributed by atoms with Gasteiger partial charge in [0.1, 0.15) is 0 Å². The summed E-state index contributed by atoms with van der Waals surface area (Å²) in [4.78, 5) is 0. The fourth-order valence-corrected chi connectivity index (χ4v) is 1.47. The van der Waals surface area contributed by atoms with Gasteiger partial charge in [0.2, 0.25) is 0 Å². The molecule has 0 aromatic rings. The molecule has 0 saturated carbocycles. The molecule has 1 heteroatoms. The maximum atomic E-state index is 2.59. The predicted molar refractivity (Wildman–Crippen MR) is 51.5 cm³/mol. The van der Waals surface area contributed by atoms with Gasteiger partial charge in [0.05, 0.1) is 0 Å². The van der Waals surface area contributed by atoms with Crippen molar-refractivity contribution in [3.05, 3.63) is 21.9 Å². The van der Waals surface area contributed by atoms with Crippen LogP contribution < -0.4 is 0 Å². The quantitative estimate of drug-likeness (QED) is 0.531. The minimum absolute atomic E-state index is 0.625. The van der Waals surface area contributed by atoms with Crippen LogP contribution in [0.5, 0.6) is 0 Å². The van der Waals surface area contributed by atoms with Crippen molar-refractivity contribution in [3.63, 3.8) is 0 Å². The van der Waals surface area contributed by atoms with E-state index in [0.717, 1.165) is 0 Å². The molecule has 0 aromatic heterocycles. The molecule has 0 N–H and O–H groups in total. The molecule has 0 heterocycles. The van der Waals surface area contributed by atoms with Gasteiger partial charge < -0.3 is 0 Å². The molecule has 0 atom stereocenters. The Morgan fingerprint density at radius 2 is 1.58 bits per heavy atom. The Bertz CT molecular complexity index is 185. The van der Waals surface area contributed by atoms with Gasteiger partial charge in [-0.15, -0.1) is 0 Å². The van der Waals surface area contributed by atoms with Crippen LogP contribution in [0.4, 0.5) is 0 Å². The molecule has 0 aliphatic heterocycles. The summed E-state index contributed by atoms with van der Waals surface area (Å²) in [6.45, 7) is 11.1. The van der Waals surface area contributed by atoms with Crippen molar-refractivity contribution in [1.29, 1.82) is 0 Å². The van der Waals surface area contributed by atoms with E-state index >= 15 is 0 Å². The SMILES string of the molecule is CC(=CC(=[CH][Ru])C(C)C)C(C)C. The van der Waals surface area contributed by atoms with Gasteiger partial charge in [0, 0.05) is 0 Å². The van der Waals surface area contributed by atoms with Gasteiger partial charge in [0.15, 0.2) is 0 Å². The second-order valence-corrected chi connectivity index (χ2v) is 4.30. The topological polar surface area (TPSA) is 0 Å². The van der Waals surface area contributed by atoms with Gasteiger partial charge in [-0.1, -0.05) is 0 Å². The van der Waals surface area contributed by atoms with E-state index in [2.05, 4.69) is 63.7 Å². The fourth-order valence-electron chi connectivity index (χ4n) is 0.744. The molecule has 0 unspecified atom stereocenters. The zero-order chi connectivity index (χ0) is 9.72. The molecular formula is C11H19Ru. The summed E-state index contributed by atoms with van der Waals surface area (Å²) in [5, 5.41) is 0. The van der Waals surface area contributed by atoms with Crippen LogP contribution in [-0.2, 0) is 18.3 Å². The van der Waals surface area contributed by atoms with Crippen molar-refractivity contribution < 1.29 is 18.3 Å². The van der Waals surface area contributed by atoms with Gasteiger partial charge in [0.25, 0.3) is 0 Å². The molecule has 0 nitrogen and oxygen atoms in total. The van der Waals surface area contributed by atoms with Gasteiger partial charge in [-0.05, 0) is 0 Å². The second-order valence-electron chi connectivity index (χ2n) is 3.80. The zero-order valence-corrected chi connectivity index (χ0v) is 10.4. The molecule has 0 bridgehead atoms. The molecule has 0 spiro atoms. The van der Waals surface area contributed by atoms with E-state index in [0.29, 0.717) is 11.8 Å². The molecular weight excluding hydrogens is 233 g/mol. The van der Waals surface area contributed by atoms with Crippen LogP contribution >= 0.6 is 0 Å². The first-order valence-corrected chi connectivity index (χ1v) is 5.46. The van der Waals surface area contributed by atoms with Crippen LogP contribution in [0, 0.1) is 11.8 Å². The van der Waals surface area contributed by atoms with Crippen molar-refractivity contribution in [2.24, 2.45) is 11.8 Å². The zero-order valence-electron chi connectivity index (χ0n) is 8.66. The normalized spacial score (nSPS) is 14.7. The third kappa shape index (κ3) is 4.21. The van der Waals surface area contributed by atoms with E-state index in [4.69, 9.17) is 0 Å². The maximum absolute atomic E-state index is 2.59. The molecule has 0 radical (unpaired) electrons. The summed E-state index contributed by atoms with van der Waals surface area (Å²) in [6.07, 6.45) is 2.30. The number of hydrogen-bond donors (Lipinski definition) is 0. The van der Waals surface area contributed by atoms with Crippen LogP contribution in [0.3, 0.4) is 0 Å². The van der Waals surface area contributed by atoms with Crippen LogP contribution in [-0.4, -0.2) is 0 Å². The Labute approximate surface area is 86.8 Å². The van der Waals surface area contributed by atoms with Crippen molar-refractivity contribution in [2.45, 2.75) is 34.6 Å². The minimum atomic E-state index is 0.625. The average Bonchev–Trinajstić information content (AvgIpc) is 1.98. The van der Waals surface area contributed by atoms with Gasteiger partial charge in [-0.3, -0.25) is 0 Å². The fraction of sp³-hybridized carbons (Fsp3) is 0.636. The Hall–Kier alpha value is 0.103. The Morgan fingerprint density at radius 1 is 1.08 bits per heavy atom. The molecule has 12 heavy (non-hydrogen) atoms. The monoisotopic (exact) mass is 253 g/mol. The van der Waals surface area contributed by atoms with Gasteiger partial charge >= 0.3 is 86.6 Å². The van der Waals surface area contributed by atoms with Gasteiger partial charge in [-0.2, -0.15) is 0 Å². The predicted octanol–water partition coefficient (Wildman–Crippen LogP) is 3.68. The number of hydrogen-bond acceptors (Lipinski definition) is 0. The van der Waals surface area contributed by atoms with E-state index in [9.17, 15) is 0 Å². The molecule has 0 aliphatic carbocycles. The van der Waals surface area contributed by atoms with Gasteiger partial charge in [-0.25, -0.2) is 0 Å². The van der Waals surface area contributed by atoms with Crippen LogP contribution in [0.1, 0.15) is 34.6 Å². The van der Waals surface area contributed by atoms with Crippen LogP contribution in [0.15, 0.2) is 21.9 Å². The van der Waals surface area contributed by atoms with Crippen LogP contribution in [0.25, 0.3) is 0 Å². The number of rotatable bonds is 3. The Kier molecular flexibility index (Phi) is 5.75. The summed E-state index contributed by atoms with van der Waals surface area (Å²) >= 11 is 2.59. The molecule has 0 aromatic carbocycles. The number of allylic oxidation sites excluding steroid dienone is 3. The Morgan fingerprint density at radius 3 is 1.83 bits per heavy atom. The third-order valence-corrected chi connectivity index (χ3v) is 2.67.